The van der Waals surface area contributed by atoms with Crippen LogP contribution < -0.4 is 0 Å². The van der Waals surface area contributed by atoms with Crippen molar-refractivity contribution in [2.45, 2.75) is 50.8 Å². The van der Waals surface area contributed by atoms with Crippen molar-refractivity contribution in [3.8, 4) is 0 Å². The summed E-state index contributed by atoms with van der Waals surface area (Å²) in [6.07, 6.45) is 0.593. The number of benzene rings is 3. The van der Waals surface area contributed by atoms with Crippen molar-refractivity contribution in [1.82, 2.24) is 4.90 Å². The van der Waals surface area contributed by atoms with E-state index >= 15 is 0 Å². The standard InChI is InChI=1S/C27H29NO2/c1-27(2,3)30-26(29)28-24(21-15-9-5-10-16-21)19-23(20-13-7-4-8-14-20)25(28)22-17-11-6-12-18-22/h4-18,23-25H,19H2,1-3H3/t23-,24+,25+/m1/s1. The van der Waals surface area contributed by atoms with Crippen LogP contribution in [0.4, 0.5) is 4.79 Å². The highest BCUT2D eigenvalue weighted by molar-refractivity contribution is 5.71. The van der Waals surface area contributed by atoms with E-state index in [0.717, 1.165) is 17.5 Å². The molecule has 3 atom stereocenters. The fourth-order valence-electron chi connectivity index (χ4n) is 4.46. The van der Waals surface area contributed by atoms with E-state index in [9.17, 15) is 4.79 Å². The molecule has 1 aliphatic heterocycles. The molecule has 1 saturated heterocycles. The van der Waals surface area contributed by atoms with Gasteiger partial charge in [0.15, 0.2) is 0 Å². The van der Waals surface area contributed by atoms with Crippen LogP contribution in [0, 0.1) is 0 Å². The SMILES string of the molecule is CC(C)(C)OC(=O)N1[C@H](c2ccccc2)C[C@H](c2ccccc2)[C@@H]1c1ccccc1. The fourth-order valence-corrected chi connectivity index (χ4v) is 4.46. The van der Waals surface area contributed by atoms with Crippen molar-refractivity contribution in [2.24, 2.45) is 0 Å². The van der Waals surface area contributed by atoms with Gasteiger partial charge in [-0.3, -0.25) is 4.90 Å². The normalized spacial score (nSPS) is 21.4. The van der Waals surface area contributed by atoms with Gasteiger partial charge in [0.2, 0.25) is 0 Å². The van der Waals surface area contributed by atoms with E-state index in [1.165, 1.54) is 5.56 Å². The summed E-state index contributed by atoms with van der Waals surface area (Å²) in [5, 5.41) is 0. The van der Waals surface area contributed by atoms with Crippen LogP contribution in [0.1, 0.15) is 61.9 Å². The molecule has 0 bridgehead atoms. The summed E-state index contributed by atoms with van der Waals surface area (Å²) < 4.78 is 5.90. The maximum atomic E-state index is 13.5. The van der Waals surface area contributed by atoms with Gasteiger partial charge in [0.1, 0.15) is 5.60 Å². The summed E-state index contributed by atoms with van der Waals surface area (Å²) >= 11 is 0. The molecule has 1 aliphatic rings. The summed E-state index contributed by atoms with van der Waals surface area (Å²) in [5.74, 6) is 0.186. The Hall–Kier alpha value is -3.07. The minimum atomic E-state index is -0.551. The molecule has 30 heavy (non-hydrogen) atoms. The summed E-state index contributed by atoms with van der Waals surface area (Å²) in [6, 6.07) is 31.0. The molecular weight excluding hydrogens is 370 g/mol. The average molecular weight is 400 g/mol. The summed E-state index contributed by atoms with van der Waals surface area (Å²) in [5.41, 5.74) is 2.97. The van der Waals surface area contributed by atoms with Crippen LogP contribution in [0.25, 0.3) is 0 Å². The smallest absolute Gasteiger partial charge is 0.411 e. The molecule has 3 heteroatoms. The van der Waals surface area contributed by atoms with Gasteiger partial charge in [0, 0.05) is 5.92 Å². The Morgan fingerprint density at radius 3 is 1.73 bits per heavy atom. The van der Waals surface area contributed by atoms with E-state index in [4.69, 9.17) is 4.74 Å². The van der Waals surface area contributed by atoms with Crippen molar-refractivity contribution >= 4 is 6.09 Å². The number of hydrogen-bond acceptors (Lipinski definition) is 2. The lowest BCUT2D eigenvalue weighted by molar-refractivity contribution is 0.0135. The zero-order valence-corrected chi connectivity index (χ0v) is 17.9. The number of hydrogen-bond donors (Lipinski definition) is 0. The molecule has 0 N–H and O–H groups in total. The molecule has 3 nitrogen and oxygen atoms in total. The van der Waals surface area contributed by atoms with Crippen molar-refractivity contribution in [1.29, 1.82) is 0 Å². The number of likely N-dealkylation sites (tertiary alicyclic amines) is 1. The van der Waals surface area contributed by atoms with Crippen LogP contribution in [-0.2, 0) is 4.74 Å². The molecule has 0 aromatic heterocycles. The predicted molar refractivity (Wildman–Crippen MR) is 120 cm³/mol. The number of nitrogens with zero attached hydrogens (tertiary/aromatic N) is 1. The van der Waals surface area contributed by atoms with E-state index in [0.29, 0.717) is 0 Å². The molecule has 4 rings (SSSR count). The van der Waals surface area contributed by atoms with Crippen LogP contribution in [-0.4, -0.2) is 16.6 Å². The molecule has 0 spiro atoms. The number of carbonyl (C=O) groups is 1. The first-order valence-corrected chi connectivity index (χ1v) is 10.6. The van der Waals surface area contributed by atoms with Crippen LogP contribution in [0.3, 0.4) is 0 Å². The van der Waals surface area contributed by atoms with Gasteiger partial charge in [-0.25, -0.2) is 4.79 Å². The van der Waals surface area contributed by atoms with Gasteiger partial charge in [-0.1, -0.05) is 91.0 Å². The molecular formula is C27H29NO2. The topological polar surface area (TPSA) is 29.5 Å². The average Bonchev–Trinajstić information content (AvgIpc) is 3.15. The minimum Gasteiger partial charge on any atom is -0.444 e. The second-order valence-electron chi connectivity index (χ2n) is 8.92. The monoisotopic (exact) mass is 399 g/mol. The van der Waals surface area contributed by atoms with Gasteiger partial charge in [-0.2, -0.15) is 0 Å². The number of rotatable bonds is 3. The Morgan fingerprint density at radius 1 is 0.767 bits per heavy atom. The van der Waals surface area contributed by atoms with Crippen LogP contribution in [0.15, 0.2) is 91.0 Å². The molecule has 0 saturated carbocycles. The summed E-state index contributed by atoms with van der Waals surface area (Å²) in [6.45, 7) is 5.76. The zero-order chi connectivity index (χ0) is 21.1. The molecule has 1 fully saturated rings. The van der Waals surface area contributed by atoms with Crippen LogP contribution >= 0.6 is 0 Å². The third-order valence-corrected chi connectivity index (χ3v) is 5.65. The van der Waals surface area contributed by atoms with Gasteiger partial charge in [-0.15, -0.1) is 0 Å². The van der Waals surface area contributed by atoms with E-state index in [1.54, 1.807) is 0 Å². The molecule has 0 radical (unpaired) electrons. The number of ether oxygens (including phenoxy) is 1. The predicted octanol–water partition coefficient (Wildman–Crippen LogP) is 6.89. The molecule has 3 aromatic rings. The third kappa shape index (κ3) is 4.25. The third-order valence-electron chi connectivity index (χ3n) is 5.65. The largest absolute Gasteiger partial charge is 0.444 e. The second kappa shape index (κ2) is 8.35. The lowest BCUT2D eigenvalue weighted by Gasteiger charge is -2.34. The van der Waals surface area contributed by atoms with Gasteiger partial charge >= 0.3 is 6.09 Å². The quantitative estimate of drug-likeness (QED) is 0.480. The molecule has 1 amide bonds. The molecule has 0 aliphatic carbocycles. The fraction of sp³-hybridized carbons (Fsp3) is 0.296. The molecule has 0 unspecified atom stereocenters. The molecule has 1 heterocycles. The first-order valence-electron chi connectivity index (χ1n) is 10.6. The van der Waals surface area contributed by atoms with Crippen LogP contribution in [0.5, 0.6) is 0 Å². The van der Waals surface area contributed by atoms with Crippen molar-refractivity contribution in [3.63, 3.8) is 0 Å². The van der Waals surface area contributed by atoms with E-state index in [2.05, 4.69) is 48.5 Å². The Kier molecular flexibility index (Phi) is 5.63. The van der Waals surface area contributed by atoms with Crippen LogP contribution in [0.2, 0.25) is 0 Å². The first kappa shape index (κ1) is 20.2. The second-order valence-corrected chi connectivity index (χ2v) is 8.92. The van der Waals surface area contributed by atoms with E-state index in [1.807, 2.05) is 68.1 Å². The lowest BCUT2D eigenvalue weighted by atomic mass is 9.86. The minimum absolute atomic E-state index is 0.0449. The molecule has 3 aromatic carbocycles. The number of amides is 1. The van der Waals surface area contributed by atoms with E-state index < -0.39 is 5.60 Å². The highest BCUT2D eigenvalue weighted by Gasteiger charge is 2.47. The van der Waals surface area contributed by atoms with Crippen molar-refractivity contribution < 1.29 is 9.53 Å². The Labute approximate surface area is 179 Å². The van der Waals surface area contributed by atoms with Crippen molar-refractivity contribution in [3.05, 3.63) is 108 Å². The Balaban J connectivity index is 1.83. The van der Waals surface area contributed by atoms with Crippen molar-refractivity contribution in [2.75, 3.05) is 0 Å². The van der Waals surface area contributed by atoms with Gasteiger partial charge in [0.05, 0.1) is 12.1 Å². The number of carbonyl (C=O) groups excluding carboxylic acids is 1. The zero-order valence-electron chi connectivity index (χ0n) is 17.9. The lowest BCUT2D eigenvalue weighted by Crippen LogP contribution is -2.38. The highest BCUT2D eigenvalue weighted by atomic mass is 16.6. The van der Waals surface area contributed by atoms with Gasteiger partial charge in [0.25, 0.3) is 0 Å². The maximum absolute atomic E-state index is 13.5. The first-order chi connectivity index (χ1) is 14.4. The Morgan fingerprint density at radius 2 is 1.23 bits per heavy atom. The maximum Gasteiger partial charge on any atom is 0.411 e. The summed E-state index contributed by atoms with van der Waals surface area (Å²) in [4.78, 5) is 15.5. The van der Waals surface area contributed by atoms with Gasteiger partial charge < -0.3 is 4.74 Å². The Bertz CT molecular complexity index is 964. The highest BCUT2D eigenvalue weighted by Crippen LogP contribution is 2.52. The van der Waals surface area contributed by atoms with Gasteiger partial charge in [-0.05, 0) is 43.9 Å². The molecule has 154 valence electrons. The summed E-state index contributed by atoms with van der Waals surface area (Å²) in [7, 11) is 0. The van der Waals surface area contributed by atoms with E-state index in [-0.39, 0.29) is 24.1 Å².